The Balaban J connectivity index is 1.81. The zero-order valence-corrected chi connectivity index (χ0v) is 15.9. The zero-order valence-electron chi connectivity index (χ0n) is 15.1. The van der Waals surface area contributed by atoms with Crippen molar-refractivity contribution in [3.63, 3.8) is 0 Å². The van der Waals surface area contributed by atoms with Gasteiger partial charge in [-0.2, -0.15) is 4.37 Å². The molecule has 0 saturated heterocycles. The Morgan fingerprint density at radius 3 is 2.62 bits per heavy atom. The largest absolute Gasteiger partial charge is 0.331 e. The molecule has 10 heteroatoms. The summed E-state index contributed by atoms with van der Waals surface area (Å²) in [6, 6.07) is 10.5. The first kappa shape index (κ1) is 18.7. The Bertz CT molecular complexity index is 1330. The highest BCUT2D eigenvalue weighted by molar-refractivity contribution is 7.13. The van der Waals surface area contributed by atoms with Crippen LogP contribution in [0.4, 0.5) is 10.1 Å². The predicted octanol–water partition coefficient (Wildman–Crippen LogP) is 2.00. The average molecular weight is 411 g/mol. The molecule has 0 aliphatic heterocycles. The molecule has 0 bridgehead atoms. The van der Waals surface area contributed by atoms with Crippen LogP contribution in [-0.4, -0.2) is 24.4 Å². The number of aromatic nitrogens is 4. The molecule has 0 aliphatic carbocycles. The number of pyridine rings is 1. The number of fused-ring (bicyclic) bond motifs is 1. The number of carbonyl (C=O) groups is 1. The highest BCUT2D eigenvalue weighted by Gasteiger charge is 2.21. The minimum Gasteiger partial charge on any atom is -0.325 e. The number of hydrogen-bond acceptors (Lipinski definition) is 6. The van der Waals surface area contributed by atoms with E-state index in [1.807, 2.05) is 0 Å². The maximum Gasteiger partial charge on any atom is 0.331 e. The van der Waals surface area contributed by atoms with Gasteiger partial charge in [0, 0.05) is 18.9 Å². The third-order valence-corrected chi connectivity index (χ3v) is 5.12. The quantitative estimate of drug-likeness (QED) is 0.554. The number of nitrogens with one attached hydrogen (secondary N) is 1. The lowest BCUT2D eigenvalue weighted by Gasteiger charge is -2.11. The summed E-state index contributed by atoms with van der Waals surface area (Å²) in [7, 11) is 1.35. The van der Waals surface area contributed by atoms with Crippen LogP contribution >= 0.6 is 11.5 Å². The van der Waals surface area contributed by atoms with Crippen LogP contribution in [0.2, 0.25) is 0 Å². The third-order valence-electron chi connectivity index (χ3n) is 4.29. The van der Waals surface area contributed by atoms with Gasteiger partial charge in [0.25, 0.3) is 5.56 Å². The van der Waals surface area contributed by atoms with Crippen molar-refractivity contribution in [1.82, 2.24) is 18.5 Å². The first-order chi connectivity index (χ1) is 14.0. The second kappa shape index (κ2) is 7.40. The monoisotopic (exact) mass is 411 g/mol. The molecule has 8 nitrogen and oxygen atoms in total. The molecule has 0 atom stereocenters. The minimum atomic E-state index is -0.644. The molecular formula is C19H14FN5O3S. The summed E-state index contributed by atoms with van der Waals surface area (Å²) in [5, 5.41) is 2.61. The van der Waals surface area contributed by atoms with Crippen molar-refractivity contribution < 1.29 is 9.18 Å². The van der Waals surface area contributed by atoms with Crippen molar-refractivity contribution in [2.45, 2.75) is 6.54 Å². The van der Waals surface area contributed by atoms with Crippen LogP contribution in [0.5, 0.6) is 0 Å². The average Bonchev–Trinajstić information content (AvgIpc) is 3.17. The lowest BCUT2D eigenvalue weighted by atomic mass is 10.2. The van der Waals surface area contributed by atoms with E-state index in [4.69, 9.17) is 0 Å². The topological polar surface area (TPSA) is 98.9 Å². The van der Waals surface area contributed by atoms with Crippen molar-refractivity contribution in [3.8, 4) is 11.4 Å². The number of benzene rings is 1. The fourth-order valence-electron chi connectivity index (χ4n) is 2.89. The van der Waals surface area contributed by atoms with Crippen LogP contribution in [0, 0.1) is 5.82 Å². The van der Waals surface area contributed by atoms with E-state index in [0.717, 1.165) is 16.1 Å². The molecule has 146 valence electrons. The Morgan fingerprint density at radius 2 is 1.93 bits per heavy atom. The molecule has 0 unspecified atom stereocenters. The van der Waals surface area contributed by atoms with Gasteiger partial charge in [0.15, 0.2) is 0 Å². The number of rotatable bonds is 4. The molecule has 0 aliphatic rings. The maximum absolute atomic E-state index is 13.0. The molecule has 3 aromatic heterocycles. The molecule has 0 radical (unpaired) electrons. The summed E-state index contributed by atoms with van der Waals surface area (Å²) in [6.07, 6.45) is 1.57. The van der Waals surface area contributed by atoms with Gasteiger partial charge in [-0.3, -0.25) is 23.7 Å². The highest BCUT2D eigenvalue weighted by atomic mass is 32.1. The number of carbonyl (C=O) groups excluding carboxylic acids is 1. The molecule has 1 N–H and O–H groups in total. The van der Waals surface area contributed by atoms with Gasteiger partial charge in [0.1, 0.15) is 22.8 Å². The van der Waals surface area contributed by atoms with Crippen molar-refractivity contribution in [3.05, 3.63) is 75.3 Å². The molecule has 3 heterocycles. The van der Waals surface area contributed by atoms with Gasteiger partial charge in [-0.25, -0.2) is 9.18 Å². The maximum atomic E-state index is 13.0. The molecular weight excluding hydrogens is 397 g/mol. The number of nitrogens with zero attached hydrogens (tertiary/aromatic N) is 4. The van der Waals surface area contributed by atoms with Gasteiger partial charge in [-0.1, -0.05) is 6.07 Å². The van der Waals surface area contributed by atoms with E-state index in [2.05, 4.69) is 14.7 Å². The van der Waals surface area contributed by atoms with E-state index >= 15 is 0 Å². The van der Waals surface area contributed by atoms with Gasteiger partial charge in [0.2, 0.25) is 5.91 Å². The number of amides is 1. The van der Waals surface area contributed by atoms with E-state index in [9.17, 15) is 18.8 Å². The molecule has 0 spiro atoms. The fourth-order valence-corrected chi connectivity index (χ4v) is 3.76. The lowest BCUT2D eigenvalue weighted by Crippen LogP contribution is -2.39. The Labute approximate surface area is 167 Å². The summed E-state index contributed by atoms with van der Waals surface area (Å²) in [5.74, 6) is -0.930. The summed E-state index contributed by atoms with van der Waals surface area (Å²) >= 11 is 0.949. The standard InChI is InChI=1S/C19H14FN5O3S/c1-24-18(27)17-16(15(23-29-17)13-4-2-3-9-21-13)25(19(24)28)10-14(26)22-12-7-5-11(20)6-8-12/h2-9H,10H2,1H3,(H,22,26). The van der Waals surface area contributed by atoms with E-state index in [0.29, 0.717) is 17.1 Å². The number of halogens is 1. The highest BCUT2D eigenvalue weighted by Crippen LogP contribution is 2.26. The zero-order chi connectivity index (χ0) is 20.5. The lowest BCUT2D eigenvalue weighted by molar-refractivity contribution is -0.116. The summed E-state index contributed by atoms with van der Waals surface area (Å²) in [5.41, 5.74) is 0.359. The first-order valence-corrected chi connectivity index (χ1v) is 9.29. The van der Waals surface area contributed by atoms with Gasteiger partial charge in [-0.15, -0.1) is 0 Å². The Kier molecular flexibility index (Phi) is 4.77. The van der Waals surface area contributed by atoms with Crippen LogP contribution in [0.25, 0.3) is 21.6 Å². The van der Waals surface area contributed by atoms with Crippen LogP contribution in [0.1, 0.15) is 0 Å². The molecule has 4 rings (SSSR count). The molecule has 1 amide bonds. The van der Waals surface area contributed by atoms with Crippen LogP contribution in [0.3, 0.4) is 0 Å². The first-order valence-electron chi connectivity index (χ1n) is 8.51. The summed E-state index contributed by atoms with van der Waals surface area (Å²) < 4.78 is 19.7. The molecule has 0 fully saturated rings. The van der Waals surface area contributed by atoms with Crippen molar-refractivity contribution in [2.24, 2.45) is 7.05 Å². The van der Waals surface area contributed by atoms with E-state index in [-0.39, 0.29) is 16.8 Å². The van der Waals surface area contributed by atoms with Crippen LogP contribution in [0.15, 0.2) is 58.3 Å². The van der Waals surface area contributed by atoms with Crippen LogP contribution in [-0.2, 0) is 18.4 Å². The number of hydrogen-bond donors (Lipinski definition) is 1. The third kappa shape index (κ3) is 3.45. The Hall–Kier alpha value is -3.66. The predicted molar refractivity (Wildman–Crippen MR) is 107 cm³/mol. The SMILES string of the molecule is Cn1c(=O)c2snc(-c3ccccn3)c2n(CC(=O)Nc2ccc(F)cc2)c1=O. The molecule has 1 aromatic carbocycles. The van der Waals surface area contributed by atoms with Crippen molar-refractivity contribution in [1.29, 1.82) is 0 Å². The van der Waals surface area contributed by atoms with Gasteiger partial charge in [0.05, 0.1) is 11.2 Å². The molecule has 4 aromatic rings. The van der Waals surface area contributed by atoms with Gasteiger partial charge >= 0.3 is 5.69 Å². The van der Waals surface area contributed by atoms with Gasteiger partial charge < -0.3 is 5.32 Å². The van der Waals surface area contributed by atoms with Gasteiger partial charge in [-0.05, 0) is 47.9 Å². The van der Waals surface area contributed by atoms with Crippen molar-refractivity contribution in [2.75, 3.05) is 5.32 Å². The fraction of sp³-hybridized carbons (Fsp3) is 0.105. The summed E-state index contributed by atoms with van der Waals surface area (Å²) in [6.45, 7) is -0.348. The second-order valence-electron chi connectivity index (χ2n) is 6.21. The Morgan fingerprint density at radius 1 is 1.17 bits per heavy atom. The van der Waals surface area contributed by atoms with E-state index in [1.54, 1.807) is 24.4 Å². The van der Waals surface area contributed by atoms with E-state index in [1.165, 1.54) is 35.9 Å². The normalized spacial score (nSPS) is 11.0. The summed E-state index contributed by atoms with van der Waals surface area (Å²) in [4.78, 5) is 42.1. The molecule has 0 saturated carbocycles. The second-order valence-corrected chi connectivity index (χ2v) is 6.99. The number of anilines is 1. The van der Waals surface area contributed by atoms with Crippen molar-refractivity contribution >= 4 is 33.3 Å². The molecule has 29 heavy (non-hydrogen) atoms. The minimum absolute atomic E-state index is 0.252. The van der Waals surface area contributed by atoms with Crippen LogP contribution < -0.4 is 16.6 Å². The van der Waals surface area contributed by atoms with E-state index < -0.39 is 23.0 Å². The smallest absolute Gasteiger partial charge is 0.325 e.